The largest absolute Gasteiger partial charge is 0.385 e. The van der Waals surface area contributed by atoms with E-state index in [0.29, 0.717) is 11.8 Å². The molecule has 124 valence electrons. The summed E-state index contributed by atoms with van der Waals surface area (Å²) in [5.74, 6) is 7.75. The lowest BCUT2D eigenvalue weighted by molar-refractivity contribution is 0.808. The van der Waals surface area contributed by atoms with Gasteiger partial charge in [-0.15, -0.1) is 11.3 Å². The van der Waals surface area contributed by atoms with Crippen LogP contribution in [0.2, 0.25) is 0 Å². The van der Waals surface area contributed by atoms with Crippen molar-refractivity contribution in [3.63, 3.8) is 0 Å². The van der Waals surface area contributed by atoms with Gasteiger partial charge in [-0.3, -0.25) is 0 Å². The second-order valence-corrected chi connectivity index (χ2v) is 7.41. The first-order chi connectivity index (χ1) is 11.6. The van der Waals surface area contributed by atoms with Crippen LogP contribution >= 0.6 is 11.3 Å². The molecule has 0 unspecified atom stereocenters. The van der Waals surface area contributed by atoms with E-state index in [2.05, 4.69) is 72.7 Å². The van der Waals surface area contributed by atoms with Crippen LogP contribution in [0, 0.1) is 30.6 Å². The molecule has 1 N–H and O–H groups in total. The van der Waals surface area contributed by atoms with E-state index in [1.165, 1.54) is 29.5 Å². The number of allylic oxidation sites excluding steroid dienone is 1. The predicted molar refractivity (Wildman–Crippen MR) is 103 cm³/mol. The molecule has 2 aromatic rings. The maximum Gasteiger partial charge on any atom is 0.0795 e. The second kappa shape index (κ2) is 7.68. The fraction of sp³-hybridized carbons (Fsp3) is 0.381. The zero-order valence-corrected chi connectivity index (χ0v) is 15.4. The maximum absolute atomic E-state index is 4.31. The van der Waals surface area contributed by atoms with E-state index in [9.17, 15) is 0 Å². The Balaban J connectivity index is 1.76. The molecule has 0 radical (unpaired) electrons. The van der Waals surface area contributed by atoms with Gasteiger partial charge in [0.1, 0.15) is 0 Å². The molecular weight excluding hydrogens is 312 g/mol. The van der Waals surface area contributed by atoms with Crippen molar-refractivity contribution in [3.05, 3.63) is 57.7 Å². The molecule has 1 aromatic heterocycles. The third-order valence-corrected chi connectivity index (χ3v) is 4.82. The van der Waals surface area contributed by atoms with Crippen LogP contribution in [0.1, 0.15) is 49.1 Å². The van der Waals surface area contributed by atoms with Gasteiger partial charge in [0.25, 0.3) is 0 Å². The molecule has 1 saturated carbocycles. The highest BCUT2D eigenvalue weighted by molar-refractivity contribution is 7.07. The number of aryl methyl sites for hydroxylation is 1. The van der Waals surface area contributed by atoms with Crippen molar-refractivity contribution < 1.29 is 0 Å². The summed E-state index contributed by atoms with van der Waals surface area (Å²) in [5.41, 5.74) is 7.99. The highest BCUT2D eigenvalue weighted by Gasteiger charge is 2.17. The lowest BCUT2D eigenvalue weighted by Gasteiger charge is -2.15. The quantitative estimate of drug-likeness (QED) is 0.777. The summed E-state index contributed by atoms with van der Waals surface area (Å²) in [7, 11) is 0. The van der Waals surface area contributed by atoms with Crippen LogP contribution in [0.3, 0.4) is 0 Å². The van der Waals surface area contributed by atoms with Gasteiger partial charge in [0, 0.05) is 23.1 Å². The Morgan fingerprint density at radius 1 is 1.42 bits per heavy atom. The van der Waals surface area contributed by atoms with Crippen LogP contribution in [0.4, 0.5) is 0 Å². The molecule has 0 bridgehead atoms. The van der Waals surface area contributed by atoms with Gasteiger partial charge in [0.05, 0.1) is 17.7 Å². The van der Waals surface area contributed by atoms with Crippen molar-refractivity contribution in [2.45, 2.75) is 40.2 Å². The Morgan fingerprint density at radius 3 is 2.88 bits per heavy atom. The molecule has 0 spiro atoms. The molecule has 1 aliphatic rings. The van der Waals surface area contributed by atoms with Gasteiger partial charge in [0.2, 0.25) is 0 Å². The van der Waals surface area contributed by atoms with E-state index in [1.54, 1.807) is 11.3 Å². The summed E-state index contributed by atoms with van der Waals surface area (Å²) in [6, 6.07) is 6.57. The van der Waals surface area contributed by atoms with Crippen LogP contribution in [0.15, 0.2) is 35.3 Å². The average Bonchev–Trinajstić information content (AvgIpc) is 3.24. The normalized spacial score (nSPS) is 14.4. The Hall–Kier alpha value is -2.05. The van der Waals surface area contributed by atoms with Gasteiger partial charge in [-0.2, -0.15) is 0 Å². The molecule has 3 rings (SSSR count). The van der Waals surface area contributed by atoms with E-state index in [1.807, 2.05) is 5.51 Å². The van der Waals surface area contributed by atoms with E-state index in [0.717, 1.165) is 17.8 Å². The zero-order chi connectivity index (χ0) is 16.9. The van der Waals surface area contributed by atoms with E-state index in [4.69, 9.17) is 0 Å². The number of nitrogens with one attached hydrogen (secondary N) is 1. The summed E-state index contributed by atoms with van der Waals surface area (Å²) in [6.07, 6.45) is 4.69. The lowest BCUT2D eigenvalue weighted by Crippen LogP contribution is -2.08. The van der Waals surface area contributed by atoms with Gasteiger partial charge in [-0.05, 0) is 54.5 Å². The lowest BCUT2D eigenvalue weighted by atomic mass is 9.92. The third kappa shape index (κ3) is 4.49. The van der Waals surface area contributed by atoms with Gasteiger partial charge in [0.15, 0.2) is 0 Å². The predicted octanol–water partition coefficient (Wildman–Crippen LogP) is 5.00. The smallest absolute Gasteiger partial charge is 0.0795 e. The van der Waals surface area contributed by atoms with E-state index in [-0.39, 0.29) is 0 Å². The second-order valence-electron chi connectivity index (χ2n) is 6.69. The Morgan fingerprint density at radius 2 is 2.25 bits per heavy atom. The van der Waals surface area contributed by atoms with Crippen LogP contribution in [-0.4, -0.2) is 4.98 Å². The van der Waals surface area contributed by atoms with Gasteiger partial charge < -0.3 is 5.32 Å². The number of rotatable bonds is 5. The molecular formula is C21H24N2S. The average molecular weight is 337 g/mol. The molecule has 1 aliphatic carbocycles. The van der Waals surface area contributed by atoms with Crippen molar-refractivity contribution in [1.82, 2.24) is 10.3 Å². The molecule has 1 aromatic carbocycles. The minimum absolute atomic E-state index is 0.454. The molecule has 0 saturated heterocycles. The summed E-state index contributed by atoms with van der Waals surface area (Å²) in [4.78, 5) is 4.31. The molecule has 2 nitrogen and oxygen atoms in total. The van der Waals surface area contributed by atoms with Gasteiger partial charge in [-0.1, -0.05) is 31.8 Å². The molecule has 1 fully saturated rings. The van der Waals surface area contributed by atoms with Crippen molar-refractivity contribution >= 4 is 16.9 Å². The fourth-order valence-corrected chi connectivity index (χ4v) is 3.18. The summed E-state index contributed by atoms with van der Waals surface area (Å²) in [5, 5.41) is 5.49. The molecule has 3 heteroatoms. The monoisotopic (exact) mass is 336 g/mol. The number of benzene rings is 1. The topological polar surface area (TPSA) is 24.9 Å². The van der Waals surface area contributed by atoms with Crippen LogP contribution < -0.4 is 5.32 Å². The number of hydrogen-bond donors (Lipinski definition) is 1. The highest BCUT2D eigenvalue weighted by Crippen LogP contribution is 2.28. The van der Waals surface area contributed by atoms with Crippen molar-refractivity contribution in [3.8, 4) is 11.8 Å². The minimum Gasteiger partial charge on any atom is -0.385 e. The maximum atomic E-state index is 4.31. The number of thiazole rings is 1. The van der Waals surface area contributed by atoms with E-state index < -0.39 is 0 Å². The van der Waals surface area contributed by atoms with Crippen LogP contribution in [-0.2, 0) is 6.54 Å². The summed E-state index contributed by atoms with van der Waals surface area (Å²) < 4.78 is 0. The molecule has 24 heavy (non-hydrogen) atoms. The van der Waals surface area contributed by atoms with Crippen molar-refractivity contribution in [2.24, 2.45) is 11.8 Å². The molecule has 0 atom stereocenters. The summed E-state index contributed by atoms with van der Waals surface area (Å²) in [6.45, 7) is 7.41. The highest BCUT2D eigenvalue weighted by atomic mass is 32.1. The minimum atomic E-state index is 0.454. The van der Waals surface area contributed by atoms with Crippen LogP contribution in [0.5, 0.6) is 0 Å². The first-order valence-corrected chi connectivity index (χ1v) is 9.51. The standard InChI is InChI=1S/C21H24N2S/c1-15(2)21(12-22-11-19-13-24-14-23-19)20-9-8-18(10-16(20)3)7-6-17-4-5-17/h8-10,12-15,17,22H,4-5,11H2,1-3H3/b21-12+. The Bertz CT molecular complexity index is 772. The van der Waals surface area contributed by atoms with Gasteiger partial charge in [-0.25, -0.2) is 4.98 Å². The first kappa shape index (κ1) is 16.8. The van der Waals surface area contributed by atoms with E-state index >= 15 is 0 Å². The van der Waals surface area contributed by atoms with Crippen LogP contribution in [0.25, 0.3) is 5.57 Å². The number of nitrogens with zero attached hydrogens (tertiary/aromatic N) is 1. The number of aromatic nitrogens is 1. The van der Waals surface area contributed by atoms with Gasteiger partial charge >= 0.3 is 0 Å². The fourth-order valence-electron chi connectivity index (χ4n) is 2.62. The Labute approximate surface area is 149 Å². The molecule has 1 heterocycles. The SMILES string of the molecule is Cc1cc(C#CC2CC2)ccc1/C(=C/NCc1cscn1)C(C)C. The first-order valence-electron chi connectivity index (χ1n) is 8.56. The molecule has 0 aliphatic heterocycles. The Kier molecular flexibility index (Phi) is 5.37. The molecule has 0 amide bonds. The van der Waals surface area contributed by atoms with Crippen molar-refractivity contribution in [2.75, 3.05) is 0 Å². The third-order valence-electron chi connectivity index (χ3n) is 4.18. The van der Waals surface area contributed by atoms with Crippen molar-refractivity contribution in [1.29, 1.82) is 0 Å². The summed E-state index contributed by atoms with van der Waals surface area (Å²) >= 11 is 1.63. The number of hydrogen-bond acceptors (Lipinski definition) is 3. The zero-order valence-electron chi connectivity index (χ0n) is 14.6.